The van der Waals surface area contributed by atoms with Gasteiger partial charge >= 0.3 is 0 Å². The maximum absolute atomic E-state index is 12.7. The summed E-state index contributed by atoms with van der Waals surface area (Å²) in [4.78, 5) is 1.60. The van der Waals surface area contributed by atoms with Crippen molar-refractivity contribution in [2.45, 2.75) is 36.0 Å². The third kappa shape index (κ3) is 1.70. The van der Waals surface area contributed by atoms with E-state index in [9.17, 15) is 8.42 Å². The first-order valence-electron chi connectivity index (χ1n) is 5.92. The largest absolute Gasteiger partial charge is 0.218 e. The molecule has 0 bridgehead atoms. The first-order chi connectivity index (χ1) is 8.74. The van der Waals surface area contributed by atoms with E-state index < -0.39 is 9.84 Å². The minimum absolute atomic E-state index is 0.295. The van der Waals surface area contributed by atoms with E-state index in [0.717, 1.165) is 16.0 Å². The molecule has 1 aromatic heterocycles. The molecule has 2 nitrogen and oxygen atoms in total. The van der Waals surface area contributed by atoms with Crippen LogP contribution in [0.3, 0.4) is 0 Å². The van der Waals surface area contributed by atoms with Crippen molar-refractivity contribution in [2.75, 3.05) is 0 Å². The van der Waals surface area contributed by atoms with E-state index in [1.165, 1.54) is 11.3 Å². The van der Waals surface area contributed by atoms with Gasteiger partial charge in [-0.15, -0.1) is 11.3 Å². The van der Waals surface area contributed by atoms with Crippen molar-refractivity contribution >= 4 is 32.8 Å². The van der Waals surface area contributed by atoms with Gasteiger partial charge in [-0.3, -0.25) is 0 Å². The molecule has 1 aliphatic rings. The Labute approximate surface area is 122 Å². The molecule has 0 saturated heterocycles. The Balaban J connectivity index is 2.47. The zero-order valence-corrected chi connectivity index (χ0v) is 13.2. The van der Waals surface area contributed by atoms with Gasteiger partial charge in [-0.05, 0) is 11.5 Å². The van der Waals surface area contributed by atoms with Crippen LogP contribution in [0.2, 0.25) is 4.34 Å². The van der Waals surface area contributed by atoms with Crippen LogP contribution in [-0.4, -0.2) is 8.42 Å². The summed E-state index contributed by atoms with van der Waals surface area (Å²) >= 11 is 7.66. The molecule has 5 heteroatoms. The summed E-state index contributed by atoms with van der Waals surface area (Å²) in [6, 6.07) is 7.12. The van der Waals surface area contributed by atoms with Gasteiger partial charge in [0, 0.05) is 11.1 Å². The molecular weight excluding hydrogens is 300 g/mol. The fourth-order valence-corrected chi connectivity index (χ4v) is 6.85. The topological polar surface area (TPSA) is 34.1 Å². The van der Waals surface area contributed by atoms with E-state index >= 15 is 0 Å². The van der Waals surface area contributed by atoms with Gasteiger partial charge < -0.3 is 0 Å². The lowest BCUT2D eigenvalue weighted by Gasteiger charge is -2.19. The highest BCUT2D eigenvalue weighted by molar-refractivity contribution is 7.92. The van der Waals surface area contributed by atoms with Crippen LogP contribution in [0, 0.1) is 0 Å². The Morgan fingerprint density at radius 1 is 1.16 bits per heavy atom. The lowest BCUT2D eigenvalue weighted by atomic mass is 9.89. The third-order valence-electron chi connectivity index (χ3n) is 3.26. The molecule has 1 aliphatic heterocycles. The summed E-state index contributed by atoms with van der Waals surface area (Å²) in [5.41, 5.74) is 1.22. The number of halogens is 1. The Hall–Kier alpha value is -0.840. The van der Waals surface area contributed by atoms with Crippen molar-refractivity contribution in [3.05, 3.63) is 34.2 Å². The number of rotatable bonds is 0. The van der Waals surface area contributed by atoms with Crippen LogP contribution in [0.15, 0.2) is 34.1 Å². The standard InChI is InChI=1S/C14H13ClO2S2/c1-14(2,3)10-12-11(18-13(10)15)8-6-4-5-7-9(8)19(12,16)17/h4-7H,1-3H3. The molecule has 0 amide bonds. The Morgan fingerprint density at radius 2 is 1.79 bits per heavy atom. The molecule has 0 atom stereocenters. The predicted molar refractivity (Wildman–Crippen MR) is 78.9 cm³/mol. The summed E-state index contributed by atoms with van der Waals surface area (Å²) in [6.45, 7) is 5.96. The number of thiophene rings is 1. The van der Waals surface area contributed by atoms with Gasteiger partial charge in [0.15, 0.2) is 0 Å². The molecule has 100 valence electrons. The summed E-state index contributed by atoms with van der Waals surface area (Å²) in [7, 11) is -3.43. The highest BCUT2D eigenvalue weighted by Crippen LogP contribution is 2.54. The lowest BCUT2D eigenvalue weighted by molar-refractivity contribution is 0.567. The number of benzene rings is 1. The van der Waals surface area contributed by atoms with Gasteiger partial charge in [-0.25, -0.2) is 8.42 Å². The maximum atomic E-state index is 12.7. The molecule has 0 N–H and O–H groups in total. The van der Waals surface area contributed by atoms with Gasteiger partial charge in [0.1, 0.15) is 0 Å². The highest BCUT2D eigenvalue weighted by atomic mass is 35.5. The summed E-state index contributed by atoms with van der Waals surface area (Å²) < 4.78 is 26.0. The van der Waals surface area contributed by atoms with E-state index in [1.54, 1.807) is 12.1 Å². The summed E-state index contributed by atoms with van der Waals surface area (Å²) in [6.07, 6.45) is 0. The first kappa shape index (κ1) is 13.2. The van der Waals surface area contributed by atoms with Crippen LogP contribution < -0.4 is 0 Å². The smallest absolute Gasteiger partial charge is 0.209 e. The van der Waals surface area contributed by atoms with Crippen LogP contribution in [-0.2, 0) is 15.3 Å². The van der Waals surface area contributed by atoms with Crippen molar-refractivity contribution in [2.24, 2.45) is 0 Å². The van der Waals surface area contributed by atoms with E-state index in [4.69, 9.17) is 11.6 Å². The number of hydrogen-bond donors (Lipinski definition) is 0. The fourth-order valence-electron chi connectivity index (χ4n) is 2.46. The van der Waals surface area contributed by atoms with Crippen LogP contribution in [0.25, 0.3) is 10.4 Å². The fraction of sp³-hybridized carbons (Fsp3) is 0.286. The SMILES string of the molecule is CC(C)(C)c1c(Cl)sc2c1S(=O)(=O)c1ccccc1-2. The number of sulfone groups is 1. The van der Waals surface area contributed by atoms with Crippen molar-refractivity contribution in [1.29, 1.82) is 0 Å². The zero-order valence-electron chi connectivity index (χ0n) is 10.8. The second kappa shape index (κ2) is 3.84. The van der Waals surface area contributed by atoms with E-state index in [0.29, 0.717) is 14.1 Å². The lowest BCUT2D eigenvalue weighted by Crippen LogP contribution is -2.14. The molecule has 3 rings (SSSR count). The van der Waals surface area contributed by atoms with Gasteiger partial charge in [0.05, 0.1) is 19.0 Å². The highest BCUT2D eigenvalue weighted by Gasteiger charge is 2.41. The van der Waals surface area contributed by atoms with Gasteiger partial charge in [0.25, 0.3) is 0 Å². The van der Waals surface area contributed by atoms with E-state index in [1.807, 2.05) is 32.9 Å². The van der Waals surface area contributed by atoms with Crippen LogP contribution in [0.5, 0.6) is 0 Å². The molecule has 0 saturated carbocycles. The van der Waals surface area contributed by atoms with Crippen molar-refractivity contribution in [1.82, 2.24) is 0 Å². The van der Waals surface area contributed by atoms with Crippen LogP contribution >= 0.6 is 22.9 Å². The van der Waals surface area contributed by atoms with Crippen molar-refractivity contribution in [3.8, 4) is 10.4 Å². The van der Waals surface area contributed by atoms with E-state index in [-0.39, 0.29) is 5.41 Å². The number of hydrogen-bond acceptors (Lipinski definition) is 3. The van der Waals surface area contributed by atoms with Crippen molar-refractivity contribution < 1.29 is 8.42 Å². The summed E-state index contributed by atoms with van der Waals surface area (Å²) in [5, 5.41) is 0. The average Bonchev–Trinajstić information content (AvgIpc) is 2.75. The molecule has 2 heterocycles. The van der Waals surface area contributed by atoms with Crippen molar-refractivity contribution in [3.63, 3.8) is 0 Å². The Bertz CT molecular complexity index is 780. The zero-order chi connectivity index (χ0) is 14.0. The third-order valence-corrected chi connectivity index (χ3v) is 6.70. The predicted octanol–water partition coefficient (Wildman–Crippen LogP) is 4.51. The molecule has 0 fully saturated rings. The molecule has 0 radical (unpaired) electrons. The molecule has 19 heavy (non-hydrogen) atoms. The van der Waals surface area contributed by atoms with Crippen LogP contribution in [0.4, 0.5) is 0 Å². The first-order valence-corrected chi connectivity index (χ1v) is 8.59. The Kier molecular flexibility index (Phi) is 2.66. The maximum Gasteiger partial charge on any atom is 0.209 e. The molecular formula is C14H13ClO2S2. The number of fused-ring (bicyclic) bond motifs is 3. The van der Waals surface area contributed by atoms with Crippen LogP contribution in [0.1, 0.15) is 26.3 Å². The monoisotopic (exact) mass is 312 g/mol. The second-order valence-corrected chi connectivity index (χ2v) is 9.14. The minimum Gasteiger partial charge on any atom is -0.218 e. The molecule has 1 aromatic carbocycles. The normalized spacial score (nSPS) is 16.2. The Morgan fingerprint density at radius 3 is 2.42 bits per heavy atom. The molecule has 0 spiro atoms. The van der Waals surface area contributed by atoms with Gasteiger partial charge in [0.2, 0.25) is 9.84 Å². The van der Waals surface area contributed by atoms with Gasteiger partial charge in [-0.1, -0.05) is 50.6 Å². The molecule has 2 aromatic rings. The quantitative estimate of drug-likeness (QED) is 0.612. The molecule has 0 unspecified atom stereocenters. The summed E-state index contributed by atoms with van der Waals surface area (Å²) in [5.74, 6) is 0. The van der Waals surface area contributed by atoms with E-state index in [2.05, 4.69) is 0 Å². The minimum atomic E-state index is -3.43. The molecule has 0 aliphatic carbocycles. The van der Waals surface area contributed by atoms with Gasteiger partial charge in [-0.2, -0.15) is 0 Å². The second-order valence-electron chi connectivity index (χ2n) is 5.66. The average molecular weight is 313 g/mol.